The van der Waals surface area contributed by atoms with Crippen LogP contribution in [0.5, 0.6) is 5.75 Å². The number of halogens is 1. The first-order valence-corrected chi connectivity index (χ1v) is 7.33. The van der Waals surface area contributed by atoms with Gasteiger partial charge in [-0.3, -0.25) is 0 Å². The highest BCUT2D eigenvalue weighted by Crippen LogP contribution is 2.23. The predicted octanol–water partition coefficient (Wildman–Crippen LogP) is 2.25. The minimum atomic E-state index is -3.62. The smallest absolute Gasteiger partial charge is 0.243 e. The molecule has 102 valence electrons. The van der Waals surface area contributed by atoms with E-state index in [1.807, 2.05) is 0 Å². The number of hydrogen-bond donors (Lipinski definition) is 0. The van der Waals surface area contributed by atoms with Crippen LogP contribution in [0.25, 0.3) is 0 Å². The van der Waals surface area contributed by atoms with Gasteiger partial charge in [0.1, 0.15) is 0 Å². The van der Waals surface area contributed by atoms with E-state index in [4.69, 9.17) is 4.74 Å². The average Bonchev–Trinajstić information content (AvgIpc) is 2.33. The summed E-state index contributed by atoms with van der Waals surface area (Å²) >= 11 is 0. The Morgan fingerprint density at radius 3 is 2.28 bits per heavy atom. The summed E-state index contributed by atoms with van der Waals surface area (Å²) in [5.41, 5.74) is 0. The molecule has 0 aliphatic rings. The van der Waals surface area contributed by atoms with Gasteiger partial charge in [0.2, 0.25) is 10.0 Å². The summed E-state index contributed by atoms with van der Waals surface area (Å²) in [7, 11) is -3.62. The van der Waals surface area contributed by atoms with E-state index in [0.717, 1.165) is 6.07 Å². The third-order valence-electron chi connectivity index (χ3n) is 2.55. The van der Waals surface area contributed by atoms with Crippen LogP contribution in [0.3, 0.4) is 0 Å². The Labute approximate surface area is 107 Å². The molecule has 0 fully saturated rings. The molecule has 0 bridgehead atoms. The summed E-state index contributed by atoms with van der Waals surface area (Å²) < 4.78 is 44.2. The maximum absolute atomic E-state index is 13.6. The molecule has 1 aromatic rings. The molecule has 0 radical (unpaired) electrons. The second kappa shape index (κ2) is 6.15. The Kier molecular flexibility index (Phi) is 5.10. The molecule has 0 aromatic heterocycles. The zero-order chi connectivity index (χ0) is 13.8. The number of ether oxygens (including phenoxy) is 1. The van der Waals surface area contributed by atoms with Crippen molar-refractivity contribution in [1.82, 2.24) is 4.31 Å². The second-order valence-corrected chi connectivity index (χ2v) is 5.55. The molecular formula is C12H18FNO3S. The van der Waals surface area contributed by atoms with Crippen LogP contribution < -0.4 is 4.74 Å². The van der Waals surface area contributed by atoms with E-state index in [1.54, 1.807) is 20.8 Å². The van der Waals surface area contributed by atoms with E-state index >= 15 is 0 Å². The minimum Gasteiger partial charge on any atom is -0.491 e. The van der Waals surface area contributed by atoms with Gasteiger partial charge < -0.3 is 4.74 Å². The summed E-state index contributed by atoms with van der Waals surface area (Å²) in [6, 6.07) is 3.70. The monoisotopic (exact) mass is 275 g/mol. The van der Waals surface area contributed by atoms with Crippen LogP contribution in [0, 0.1) is 5.82 Å². The number of rotatable bonds is 6. The van der Waals surface area contributed by atoms with Crippen molar-refractivity contribution in [3.8, 4) is 5.75 Å². The molecule has 4 nitrogen and oxygen atoms in total. The van der Waals surface area contributed by atoms with Gasteiger partial charge in [-0.2, -0.15) is 4.31 Å². The van der Waals surface area contributed by atoms with E-state index < -0.39 is 15.8 Å². The molecule has 0 amide bonds. The van der Waals surface area contributed by atoms with Gasteiger partial charge in [0.15, 0.2) is 11.6 Å². The third-order valence-corrected chi connectivity index (χ3v) is 4.59. The Bertz CT molecular complexity index is 498. The highest BCUT2D eigenvalue weighted by molar-refractivity contribution is 7.89. The molecule has 1 aromatic carbocycles. The van der Waals surface area contributed by atoms with Crippen molar-refractivity contribution in [2.75, 3.05) is 19.7 Å². The topological polar surface area (TPSA) is 46.6 Å². The first-order valence-electron chi connectivity index (χ1n) is 5.89. The predicted molar refractivity (Wildman–Crippen MR) is 67.7 cm³/mol. The Morgan fingerprint density at radius 2 is 1.83 bits per heavy atom. The maximum atomic E-state index is 13.6. The molecule has 0 spiro atoms. The molecule has 0 saturated carbocycles. The second-order valence-electron chi connectivity index (χ2n) is 3.61. The van der Waals surface area contributed by atoms with Crippen molar-refractivity contribution < 1.29 is 17.5 Å². The van der Waals surface area contributed by atoms with Gasteiger partial charge in [0.05, 0.1) is 11.5 Å². The summed E-state index contributed by atoms with van der Waals surface area (Å²) in [5.74, 6) is -0.596. The van der Waals surface area contributed by atoms with Crippen LogP contribution in [0.4, 0.5) is 4.39 Å². The van der Waals surface area contributed by atoms with Crippen LogP contribution in [-0.2, 0) is 10.0 Å². The highest BCUT2D eigenvalue weighted by Gasteiger charge is 2.22. The van der Waals surface area contributed by atoms with E-state index in [2.05, 4.69) is 0 Å². The summed E-state index contributed by atoms with van der Waals surface area (Å²) in [6.45, 7) is 6.26. The van der Waals surface area contributed by atoms with Crippen LogP contribution in [0.15, 0.2) is 23.1 Å². The number of hydrogen-bond acceptors (Lipinski definition) is 3. The van der Waals surface area contributed by atoms with E-state index in [9.17, 15) is 12.8 Å². The lowest BCUT2D eigenvalue weighted by molar-refractivity contribution is 0.321. The van der Waals surface area contributed by atoms with Crippen molar-refractivity contribution >= 4 is 10.0 Å². The quantitative estimate of drug-likeness (QED) is 0.800. The van der Waals surface area contributed by atoms with Crippen molar-refractivity contribution in [3.05, 3.63) is 24.0 Å². The van der Waals surface area contributed by atoms with Gasteiger partial charge in [0.25, 0.3) is 0 Å². The number of benzene rings is 1. The van der Waals surface area contributed by atoms with E-state index in [0.29, 0.717) is 19.7 Å². The SMILES string of the molecule is CCOc1ccc(S(=O)(=O)N(CC)CC)cc1F. The standard InChI is InChI=1S/C12H18FNO3S/c1-4-14(5-2)18(15,16)10-7-8-12(17-6-3)11(13)9-10/h7-9H,4-6H2,1-3H3. The Hall–Kier alpha value is -1.14. The lowest BCUT2D eigenvalue weighted by atomic mass is 10.3. The maximum Gasteiger partial charge on any atom is 0.243 e. The molecule has 1 rings (SSSR count). The fourth-order valence-electron chi connectivity index (χ4n) is 1.63. The zero-order valence-corrected chi connectivity index (χ0v) is 11.6. The van der Waals surface area contributed by atoms with E-state index in [1.165, 1.54) is 16.4 Å². The fraction of sp³-hybridized carbons (Fsp3) is 0.500. The van der Waals surface area contributed by atoms with Crippen LogP contribution in [-0.4, -0.2) is 32.4 Å². The first kappa shape index (κ1) is 14.9. The van der Waals surface area contributed by atoms with E-state index in [-0.39, 0.29) is 10.6 Å². The largest absolute Gasteiger partial charge is 0.491 e. The van der Waals surface area contributed by atoms with Crippen molar-refractivity contribution in [3.63, 3.8) is 0 Å². The van der Waals surface area contributed by atoms with Crippen LogP contribution in [0.2, 0.25) is 0 Å². The van der Waals surface area contributed by atoms with Gasteiger partial charge in [-0.1, -0.05) is 13.8 Å². The molecule has 18 heavy (non-hydrogen) atoms. The molecule has 0 heterocycles. The summed E-state index contributed by atoms with van der Waals surface area (Å²) in [6.07, 6.45) is 0. The summed E-state index contributed by atoms with van der Waals surface area (Å²) in [4.78, 5) is -0.0489. The summed E-state index contributed by atoms with van der Waals surface area (Å²) in [5, 5.41) is 0. The first-order chi connectivity index (χ1) is 8.47. The lowest BCUT2D eigenvalue weighted by Gasteiger charge is -2.18. The normalized spacial score (nSPS) is 11.8. The minimum absolute atomic E-state index is 0.0489. The van der Waals surface area contributed by atoms with Crippen molar-refractivity contribution in [2.45, 2.75) is 25.7 Å². The molecule has 6 heteroatoms. The van der Waals surface area contributed by atoms with Gasteiger partial charge in [0, 0.05) is 13.1 Å². The third kappa shape index (κ3) is 3.00. The molecule has 0 N–H and O–H groups in total. The van der Waals surface area contributed by atoms with Crippen LogP contribution in [0.1, 0.15) is 20.8 Å². The number of sulfonamides is 1. The van der Waals surface area contributed by atoms with Gasteiger partial charge in [-0.05, 0) is 25.1 Å². The average molecular weight is 275 g/mol. The Morgan fingerprint density at radius 1 is 1.22 bits per heavy atom. The van der Waals surface area contributed by atoms with Gasteiger partial charge in [-0.15, -0.1) is 0 Å². The fourth-order valence-corrected chi connectivity index (χ4v) is 3.10. The molecule has 0 aliphatic carbocycles. The Balaban J connectivity index is 3.15. The van der Waals surface area contributed by atoms with Crippen molar-refractivity contribution in [1.29, 1.82) is 0 Å². The zero-order valence-electron chi connectivity index (χ0n) is 10.8. The molecular weight excluding hydrogens is 257 g/mol. The highest BCUT2D eigenvalue weighted by atomic mass is 32.2. The number of nitrogens with zero attached hydrogens (tertiary/aromatic N) is 1. The molecule has 0 aliphatic heterocycles. The molecule has 0 atom stereocenters. The molecule has 0 saturated heterocycles. The van der Waals surface area contributed by atoms with Crippen molar-refractivity contribution in [2.24, 2.45) is 0 Å². The van der Waals surface area contributed by atoms with Gasteiger partial charge in [-0.25, -0.2) is 12.8 Å². The lowest BCUT2D eigenvalue weighted by Crippen LogP contribution is -2.30. The molecule has 0 unspecified atom stereocenters. The van der Waals surface area contributed by atoms with Crippen LogP contribution >= 0.6 is 0 Å². The van der Waals surface area contributed by atoms with Gasteiger partial charge >= 0.3 is 0 Å².